The highest BCUT2D eigenvalue weighted by atomic mass is 32.2. The summed E-state index contributed by atoms with van der Waals surface area (Å²) in [5.41, 5.74) is -1.02. The molecule has 0 aromatic carbocycles. The molecular weight excluding hydrogens is 188 g/mol. The van der Waals surface area contributed by atoms with Crippen LogP contribution in [0.3, 0.4) is 0 Å². The van der Waals surface area contributed by atoms with Gasteiger partial charge < -0.3 is 10.2 Å². The second-order valence-electron chi connectivity index (χ2n) is 3.67. The van der Waals surface area contributed by atoms with Crippen LogP contribution in [0.4, 0.5) is 0 Å². The largest absolute Gasteiger partial charge is 0.481 e. The van der Waals surface area contributed by atoms with Gasteiger partial charge in [0.1, 0.15) is 0 Å². The molecule has 1 rings (SSSR count). The Balaban J connectivity index is 2.77. The van der Waals surface area contributed by atoms with Gasteiger partial charge in [-0.2, -0.15) is 11.8 Å². The molecule has 76 valence electrons. The van der Waals surface area contributed by atoms with E-state index in [1.165, 1.54) is 0 Å². The minimum absolute atomic E-state index is 0.0207. The lowest BCUT2D eigenvalue weighted by atomic mass is 9.82. The maximum Gasteiger partial charge on any atom is 0.309 e. The highest BCUT2D eigenvalue weighted by Gasteiger charge is 2.44. The molecule has 0 aromatic heterocycles. The smallest absolute Gasteiger partial charge is 0.309 e. The Morgan fingerprint density at radius 1 is 1.69 bits per heavy atom. The molecule has 0 bridgehead atoms. The zero-order valence-electron chi connectivity index (χ0n) is 7.99. The molecule has 4 heteroatoms. The lowest BCUT2D eigenvalue weighted by Gasteiger charge is -2.40. The van der Waals surface area contributed by atoms with E-state index in [0.717, 1.165) is 12.2 Å². The average molecular weight is 204 g/mol. The first-order chi connectivity index (χ1) is 5.98. The van der Waals surface area contributed by atoms with Crippen LogP contribution in [0, 0.1) is 5.92 Å². The van der Waals surface area contributed by atoms with E-state index >= 15 is 0 Å². The molecule has 13 heavy (non-hydrogen) atoms. The van der Waals surface area contributed by atoms with E-state index in [0.29, 0.717) is 6.42 Å². The molecule has 1 fully saturated rings. The van der Waals surface area contributed by atoms with E-state index < -0.39 is 17.5 Å². The standard InChI is InChI=1S/C9H16O3S/c1-6(8(10)11)9(12)4-3-5-13-7(9)2/h6-7,12H,3-5H2,1-2H3,(H,10,11). The monoisotopic (exact) mass is 204 g/mol. The minimum atomic E-state index is -1.02. The van der Waals surface area contributed by atoms with Crippen molar-refractivity contribution in [2.24, 2.45) is 5.92 Å². The fourth-order valence-electron chi connectivity index (χ4n) is 1.75. The van der Waals surface area contributed by atoms with E-state index in [1.807, 2.05) is 6.92 Å². The molecule has 0 spiro atoms. The van der Waals surface area contributed by atoms with Gasteiger partial charge in [0.25, 0.3) is 0 Å². The SMILES string of the molecule is CC1SCCCC1(O)C(C)C(=O)O. The number of thioether (sulfide) groups is 1. The Morgan fingerprint density at radius 2 is 2.31 bits per heavy atom. The second kappa shape index (κ2) is 3.88. The Bertz CT molecular complexity index is 207. The number of hydrogen-bond donors (Lipinski definition) is 2. The lowest BCUT2D eigenvalue weighted by molar-refractivity contribution is -0.151. The summed E-state index contributed by atoms with van der Waals surface area (Å²) >= 11 is 1.66. The third-order valence-corrected chi connectivity index (χ3v) is 4.35. The fourth-order valence-corrected chi connectivity index (χ4v) is 3.02. The zero-order valence-corrected chi connectivity index (χ0v) is 8.80. The number of aliphatic hydroxyl groups is 1. The average Bonchev–Trinajstić information content (AvgIpc) is 2.09. The van der Waals surface area contributed by atoms with E-state index in [2.05, 4.69) is 0 Å². The summed E-state index contributed by atoms with van der Waals surface area (Å²) in [6.45, 7) is 3.49. The molecule has 2 N–H and O–H groups in total. The number of aliphatic carboxylic acids is 1. The van der Waals surface area contributed by atoms with Gasteiger partial charge in [-0.05, 0) is 25.5 Å². The van der Waals surface area contributed by atoms with E-state index in [1.54, 1.807) is 18.7 Å². The summed E-state index contributed by atoms with van der Waals surface area (Å²) in [5, 5.41) is 19.0. The van der Waals surface area contributed by atoms with Gasteiger partial charge >= 0.3 is 5.97 Å². The van der Waals surface area contributed by atoms with Gasteiger partial charge in [0.05, 0.1) is 11.5 Å². The van der Waals surface area contributed by atoms with Crippen LogP contribution >= 0.6 is 11.8 Å². The van der Waals surface area contributed by atoms with E-state index in [9.17, 15) is 9.90 Å². The van der Waals surface area contributed by atoms with Gasteiger partial charge in [-0.1, -0.05) is 6.92 Å². The Labute approximate surface area is 82.5 Å². The van der Waals surface area contributed by atoms with Crippen LogP contribution in [0.1, 0.15) is 26.7 Å². The number of carboxylic acids is 1. The van der Waals surface area contributed by atoms with Crippen LogP contribution in [0.2, 0.25) is 0 Å². The van der Waals surface area contributed by atoms with Crippen molar-refractivity contribution in [2.45, 2.75) is 37.5 Å². The van der Waals surface area contributed by atoms with E-state index in [4.69, 9.17) is 5.11 Å². The van der Waals surface area contributed by atoms with E-state index in [-0.39, 0.29) is 5.25 Å². The third kappa shape index (κ3) is 1.99. The number of carboxylic acid groups (broad SMARTS) is 1. The van der Waals surface area contributed by atoms with Crippen molar-refractivity contribution >= 4 is 17.7 Å². The molecule has 1 aliphatic rings. The predicted molar refractivity (Wildman–Crippen MR) is 52.9 cm³/mol. The fraction of sp³-hybridized carbons (Fsp3) is 0.889. The number of hydrogen-bond acceptors (Lipinski definition) is 3. The van der Waals surface area contributed by atoms with Crippen LogP contribution in [0.15, 0.2) is 0 Å². The Morgan fingerprint density at radius 3 is 2.77 bits per heavy atom. The molecule has 3 nitrogen and oxygen atoms in total. The van der Waals surface area contributed by atoms with Crippen molar-refractivity contribution in [3.63, 3.8) is 0 Å². The third-order valence-electron chi connectivity index (χ3n) is 2.91. The first-order valence-corrected chi connectivity index (χ1v) is 5.60. The molecule has 0 radical (unpaired) electrons. The predicted octanol–water partition coefficient (Wildman–Crippen LogP) is 1.35. The minimum Gasteiger partial charge on any atom is -0.481 e. The number of rotatable bonds is 2. The summed E-state index contributed by atoms with van der Waals surface area (Å²) in [6, 6.07) is 0. The highest BCUT2D eigenvalue weighted by Crippen LogP contribution is 2.38. The Kier molecular flexibility index (Phi) is 3.24. The van der Waals surface area contributed by atoms with Crippen molar-refractivity contribution in [1.82, 2.24) is 0 Å². The summed E-state index contributed by atoms with van der Waals surface area (Å²) in [4.78, 5) is 10.8. The molecule has 0 aromatic rings. The molecule has 0 amide bonds. The van der Waals surface area contributed by atoms with Crippen molar-refractivity contribution in [1.29, 1.82) is 0 Å². The molecule has 1 saturated heterocycles. The van der Waals surface area contributed by atoms with Crippen LogP contribution in [0.25, 0.3) is 0 Å². The molecule has 1 aliphatic heterocycles. The maximum absolute atomic E-state index is 10.8. The van der Waals surface area contributed by atoms with Gasteiger partial charge in [0, 0.05) is 5.25 Å². The molecular formula is C9H16O3S. The van der Waals surface area contributed by atoms with Crippen molar-refractivity contribution < 1.29 is 15.0 Å². The number of carbonyl (C=O) groups is 1. The first-order valence-electron chi connectivity index (χ1n) is 4.55. The zero-order chi connectivity index (χ0) is 10.1. The van der Waals surface area contributed by atoms with Gasteiger partial charge in [-0.25, -0.2) is 0 Å². The quantitative estimate of drug-likeness (QED) is 0.713. The summed E-state index contributed by atoms with van der Waals surface area (Å²) in [5.74, 6) is -0.553. The second-order valence-corrected chi connectivity index (χ2v) is 5.12. The van der Waals surface area contributed by atoms with Crippen molar-refractivity contribution in [3.8, 4) is 0 Å². The van der Waals surface area contributed by atoms with Gasteiger partial charge in [0.15, 0.2) is 0 Å². The van der Waals surface area contributed by atoms with Crippen molar-refractivity contribution in [2.75, 3.05) is 5.75 Å². The molecule has 3 atom stereocenters. The normalized spacial score (nSPS) is 37.0. The van der Waals surface area contributed by atoms with Crippen LogP contribution < -0.4 is 0 Å². The molecule has 1 heterocycles. The Hall–Kier alpha value is -0.220. The lowest BCUT2D eigenvalue weighted by Crippen LogP contribution is -2.50. The van der Waals surface area contributed by atoms with Gasteiger partial charge in [0.2, 0.25) is 0 Å². The molecule has 0 saturated carbocycles. The van der Waals surface area contributed by atoms with Crippen LogP contribution in [-0.4, -0.2) is 32.8 Å². The van der Waals surface area contributed by atoms with Gasteiger partial charge in [-0.3, -0.25) is 4.79 Å². The summed E-state index contributed by atoms with van der Waals surface area (Å²) < 4.78 is 0. The molecule has 0 aliphatic carbocycles. The topological polar surface area (TPSA) is 57.5 Å². The van der Waals surface area contributed by atoms with Crippen LogP contribution in [0.5, 0.6) is 0 Å². The summed E-state index contributed by atoms with van der Waals surface area (Å²) in [6.07, 6.45) is 1.51. The maximum atomic E-state index is 10.8. The van der Waals surface area contributed by atoms with Crippen molar-refractivity contribution in [3.05, 3.63) is 0 Å². The highest BCUT2D eigenvalue weighted by molar-refractivity contribution is 8.00. The van der Waals surface area contributed by atoms with Crippen LogP contribution in [-0.2, 0) is 4.79 Å². The van der Waals surface area contributed by atoms with Gasteiger partial charge in [-0.15, -0.1) is 0 Å². The molecule has 3 unspecified atom stereocenters. The first kappa shape index (κ1) is 10.9. The summed E-state index contributed by atoms with van der Waals surface area (Å²) in [7, 11) is 0.